The third kappa shape index (κ3) is 6.45. The summed E-state index contributed by atoms with van der Waals surface area (Å²) < 4.78 is 59.2. The van der Waals surface area contributed by atoms with Crippen LogP contribution in [0, 0.1) is 5.82 Å². The Labute approximate surface area is 180 Å². The van der Waals surface area contributed by atoms with Gasteiger partial charge >= 0.3 is 18.2 Å². The number of aliphatic hydroxyl groups excluding tert-OH is 1. The van der Waals surface area contributed by atoms with Gasteiger partial charge < -0.3 is 25.6 Å². The minimum absolute atomic E-state index is 0.0845. The lowest BCUT2D eigenvalue weighted by Crippen LogP contribution is -2.38. The van der Waals surface area contributed by atoms with Gasteiger partial charge in [0.15, 0.2) is 5.82 Å². The first kappa shape index (κ1) is 24.7. The van der Waals surface area contributed by atoms with E-state index in [-0.39, 0.29) is 23.5 Å². The van der Waals surface area contributed by atoms with Crippen LogP contribution in [-0.2, 0) is 17.8 Å². The maximum Gasteiger partial charge on any atom is 0.471 e. The topological polar surface area (TPSA) is 108 Å². The summed E-state index contributed by atoms with van der Waals surface area (Å²) in [5.41, 5.74) is -0.411. The highest BCUT2D eigenvalue weighted by atomic mass is 19.4. The number of carbonyl (C=O) groups excluding carboxylic acids is 1. The van der Waals surface area contributed by atoms with Crippen LogP contribution in [0.5, 0.6) is 5.75 Å². The molecule has 2 rings (SSSR count). The fourth-order valence-electron chi connectivity index (χ4n) is 2.81. The number of anilines is 1. The van der Waals surface area contributed by atoms with Gasteiger partial charge in [0.2, 0.25) is 0 Å². The summed E-state index contributed by atoms with van der Waals surface area (Å²) in [6, 6.07) is 8.51. The van der Waals surface area contributed by atoms with Gasteiger partial charge in [0.1, 0.15) is 18.0 Å². The van der Waals surface area contributed by atoms with Crippen molar-refractivity contribution in [3.05, 3.63) is 65.5 Å². The van der Waals surface area contributed by atoms with Crippen LogP contribution >= 0.6 is 0 Å². The highest BCUT2D eigenvalue weighted by molar-refractivity contribution is 5.96. The maximum atomic E-state index is 15.3. The van der Waals surface area contributed by atoms with Crippen molar-refractivity contribution in [2.75, 3.05) is 11.9 Å². The average molecular weight is 456 g/mol. The Hall–Kier alpha value is -3.60. The number of aliphatic hydroxyl groups is 1. The summed E-state index contributed by atoms with van der Waals surface area (Å²) >= 11 is 0. The highest BCUT2D eigenvalue weighted by Gasteiger charge is 2.40. The Balaban J connectivity index is 2.51. The first-order chi connectivity index (χ1) is 15.1. The van der Waals surface area contributed by atoms with E-state index in [9.17, 15) is 27.9 Å². The van der Waals surface area contributed by atoms with Gasteiger partial charge in [0.05, 0.1) is 12.6 Å². The fourth-order valence-corrected chi connectivity index (χ4v) is 2.81. The van der Waals surface area contributed by atoms with Crippen molar-refractivity contribution in [2.45, 2.75) is 25.2 Å². The van der Waals surface area contributed by atoms with Gasteiger partial charge in [-0.1, -0.05) is 43.0 Å². The molecule has 0 aliphatic heterocycles. The van der Waals surface area contributed by atoms with Crippen molar-refractivity contribution in [2.24, 2.45) is 0 Å². The molecule has 2 aromatic carbocycles. The van der Waals surface area contributed by atoms with Gasteiger partial charge in [-0.25, -0.2) is 9.18 Å². The van der Waals surface area contributed by atoms with Crippen molar-refractivity contribution in [3.63, 3.8) is 0 Å². The van der Waals surface area contributed by atoms with Crippen molar-refractivity contribution < 1.29 is 42.1 Å². The number of hydrogen-bond donors (Lipinski definition) is 4. The predicted molar refractivity (Wildman–Crippen MR) is 108 cm³/mol. The molecule has 2 aromatic rings. The molecular formula is C21H20F4N2O5. The monoisotopic (exact) mass is 456 g/mol. The average Bonchev–Trinajstić information content (AvgIpc) is 2.74. The third-order valence-electron chi connectivity index (χ3n) is 4.32. The van der Waals surface area contributed by atoms with Gasteiger partial charge in [-0.3, -0.25) is 4.79 Å². The number of rotatable bonds is 9. The first-order valence-electron chi connectivity index (χ1n) is 9.19. The van der Waals surface area contributed by atoms with Gasteiger partial charge in [0, 0.05) is 0 Å². The summed E-state index contributed by atoms with van der Waals surface area (Å²) in [7, 11) is 0. The molecule has 0 saturated heterocycles. The largest absolute Gasteiger partial charge is 0.487 e. The number of carbonyl (C=O) groups is 2. The van der Waals surface area contributed by atoms with Crippen molar-refractivity contribution in [1.29, 1.82) is 0 Å². The van der Waals surface area contributed by atoms with Crippen LogP contribution < -0.4 is 15.4 Å². The lowest BCUT2D eigenvalue weighted by molar-refractivity contribution is -0.167. The lowest BCUT2D eigenvalue weighted by atomic mass is 9.98. The van der Waals surface area contributed by atoms with Crippen LogP contribution in [0.4, 0.5) is 28.0 Å². The number of hydrogen-bond acceptors (Lipinski definition) is 4. The van der Waals surface area contributed by atoms with E-state index in [1.165, 1.54) is 17.5 Å². The van der Waals surface area contributed by atoms with E-state index in [1.807, 2.05) is 5.32 Å². The second-order valence-corrected chi connectivity index (χ2v) is 6.59. The molecule has 0 bridgehead atoms. The van der Waals surface area contributed by atoms with Crippen LogP contribution in [0.25, 0.3) is 6.08 Å². The predicted octanol–water partition coefficient (Wildman–Crippen LogP) is 3.72. The van der Waals surface area contributed by atoms with Crippen LogP contribution in [0.1, 0.15) is 16.7 Å². The minimum Gasteiger partial charge on any atom is -0.487 e. The van der Waals surface area contributed by atoms with Crippen molar-refractivity contribution >= 4 is 23.8 Å². The quantitative estimate of drug-likeness (QED) is 0.430. The summed E-state index contributed by atoms with van der Waals surface area (Å²) in [5.74, 6) is -4.07. The van der Waals surface area contributed by atoms with E-state index in [0.29, 0.717) is 5.56 Å². The standard InChI is InChI=1S/C21H20F4N2O5/c1-2-13-8-16(32-11-12-6-4-3-5-7-12)18(27-19(29)21(23,24)25)17(22)15(13)9-14(10-28)26-20(30)31/h2-8,14,26,28H,1,9-11H2,(H,27,29)(H,30,31). The second-order valence-electron chi connectivity index (χ2n) is 6.59. The molecule has 0 aromatic heterocycles. The zero-order valence-corrected chi connectivity index (χ0v) is 16.6. The van der Waals surface area contributed by atoms with E-state index in [1.54, 1.807) is 30.3 Å². The van der Waals surface area contributed by atoms with Gasteiger partial charge in [0.25, 0.3) is 0 Å². The van der Waals surface area contributed by atoms with Crippen molar-refractivity contribution in [3.8, 4) is 5.75 Å². The Morgan fingerprint density at radius 2 is 1.88 bits per heavy atom. The van der Waals surface area contributed by atoms with E-state index >= 15 is 4.39 Å². The van der Waals surface area contributed by atoms with E-state index in [4.69, 9.17) is 9.84 Å². The zero-order valence-electron chi connectivity index (χ0n) is 16.6. The molecular weight excluding hydrogens is 436 g/mol. The SMILES string of the molecule is C=Cc1cc(OCc2ccccc2)c(NC(=O)C(F)(F)F)c(F)c1CC(CO)NC(=O)O. The number of amides is 2. The van der Waals surface area contributed by atoms with E-state index in [0.717, 1.165) is 0 Å². The molecule has 0 saturated carbocycles. The summed E-state index contributed by atoms with van der Waals surface area (Å²) in [6.07, 6.45) is -6.01. The molecule has 0 radical (unpaired) electrons. The number of carboxylic acid groups (broad SMARTS) is 1. The number of nitrogens with one attached hydrogen (secondary N) is 2. The van der Waals surface area contributed by atoms with Gasteiger partial charge in [-0.05, 0) is 29.2 Å². The summed E-state index contributed by atoms with van der Waals surface area (Å²) in [4.78, 5) is 22.4. The Kier molecular flexibility index (Phi) is 8.19. The summed E-state index contributed by atoms with van der Waals surface area (Å²) in [6.45, 7) is 2.68. The highest BCUT2D eigenvalue weighted by Crippen LogP contribution is 2.36. The molecule has 0 fully saturated rings. The molecule has 11 heteroatoms. The number of benzene rings is 2. The molecule has 0 spiro atoms. The van der Waals surface area contributed by atoms with Crippen LogP contribution in [0.3, 0.4) is 0 Å². The normalized spacial score (nSPS) is 12.0. The van der Waals surface area contributed by atoms with Gasteiger partial charge in [-0.2, -0.15) is 13.2 Å². The van der Waals surface area contributed by atoms with E-state index < -0.39 is 48.8 Å². The number of halogens is 4. The first-order valence-corrected chi connectivity index (χ1v) is 9.19. The van der Waals surface area contributed by atoms with Crippen LogP contribution in [-0.4, -0.2) is 41.0 Å². The van der Waals surface area contributed by atoms with Crippen LogP contribution in [0.15, 0.2) is 43.0 Å². The van der Waals surface area contributed by atoms with E-state index in [2.05, 4.69) is 6.58 Å². The molecule has 7 nitrogen and oxygen atoms in total. The second kappa shape index (κ2) is 10.6. The number of alkyl halides is 3. The van der Waals surface area contributed by atoms with Crippen LogP contribution in [0.2, 0.25) is 0 Å². The zero-order chi connectivity index (χ0) is 23.9. The molecule has 4 N–H and O–H groups in total. The Morgan fingerprint density at radius 1 is 1.22 bits per heavy atom. The lowest BCUT2D eigenvalue weighted by Gasteiger charge is -2.21. The summed E-state index contributed by atoms with van der Waals surface area (Å²) in [5, 5.41) is 21.6. The molecule has 32 heavy (non-hydrogen) atoms. The minimum atomic E-state index is -5.29. The molecule has 0 aliphatic carbocycles. The molecule has 1 atom stereocenters. The molecule has 172 valence electrons. The molecule has 2 amide bonds. The molecule has 1 unspecified atom stereocenters. The smallest absolute Gasteiger partial charge is 0.471 e. The van der Waals surface area contributed by atoms with Gasteiger partial charge in [-0.15, -0.1) is 0 Å². The Bertz CT molecular complexity index is 980. The van der Waals surface area contributed by atoms with Crippen molar-refractivity contribution in [1.82, 2.24) is 5.32 Å². The molecule has 0 heterocycles. The third-order valence-corrected chi connectivity index (χ3v) is 4.32. The number of ether oxygens (including phenoxy) is 1. The maximum absolute atomic E-state index is 15.3. The fraction of sp³-hybridized carbons (Fsp3) is 0.238. The Morgan fingerprint density at radius 3 is 2.41 bits per heavy atom. The molecule has 0 aliphatic rings.